The number of amides is 1. The molecule has 30 heavy (non-hydrogen) atoms. The van der Waals surface area contributed by atoms with E-state index in [4.69, 9.17) is 23.9 Å². The Morgan fingerprint density at radius 2 is 1.87 bits per heavy atom. The molecule has 16 heteroatoms. The van der Waals surface area contributed by atoms with Gasteiger partial charge in [0.2, 0.25) is 18.0 Å². The predicted octanol–water partition coefficient (Wildman–Crippen LogP) is -4.18. The van der Waals surface area contributed by atoms with Gasteiger partial charge in [-0.05, 0) is 6.08 Å². The first-order valence-corrected chi connectivity index (χ1v) is 9.71. The molecule has 1 fully saturated rings. The van der Waals surface area contributed by atoms with Gasteiger partial charge in [0.05, 0.1) is 6.61 Å². The topological polar surface area (TPSA) is 239 Å². The third kappa shape index (κ3) is 5.84. The summed E-state index contributed by atoms with van der Waals surface area (Å²) in [5.74, 6) is -3.19. The van der Waals surface area contributed by atoms with Crippen molar-refractivity contribution in [2.75, 3.05) is 6.61 Å². The molecular weight excluding hydrogens is 438 g/mol. The Labute approximate surface area is 169 Å². The zero-order chi connectivity index (χ0) is 22.8. The average molecular weight is 459 g/mol. The molecule has 0 radical (unpaired) electrons. The Morgan fingerprint density at radius 1 is 1.23 bits per heavy atom. The standard InChI is InChI=1S/C14H21NO14S/c1-4(17)15-8-11(10(29-30(23,24)25)7(3-16)26-13(8)22)28-14-9(19)5(18)2-6(27-14)12(20)21/h2,5,7-11,13-14,16,18-19,22H,3H2,1H3,(H,15,17)(H,20,21)(H,23,24,25)/t5-,7+,8+,9+,10-,11+,13+,14-/m0/s1. The largest absolute Gasteiger partial charge is 0.475 e. The summed E-state index contributed by atoms with van der Waals surface area (Å²) >= 11 is 0. The first-order chi connectivity index (χ1) is 13.8. The molecule has 1 saturated heterocycles. The highest BCUT2D eigenvalue weighted by atomic mass is 32.3. The van der Waals surface area contributed by atoms with Crippen LogP contribution in [0.15, 0.2) is 11.8 Å². The smallest absolute Gasteiger partial charge is 0.397 e. The van der Waals surface area contributed by atoms with Crippen LogP contribution in [0.2, 0.25) is 0 Å². The predicted molar refractivity (Wildman–Crippen MR) is 89.5 cm³/mol. The van der Waals surface area contributed by atoms with Crippen LogP contribution in [0.5, 0.6) is 0 Å². The molecule has 2 rings (SSSR count). The number of aliphatic carboxylic acids is 1. The number of ether oxygens (including phenoxy) is 3. The van der Waals surface area contributed by atoms with Crippen LogP contribution < -0.4 is 5.32 Å². The Kier molecular flexibility index (Phi) is 7.72. The van der Waals surface area contributed by atoms with Gasteiger partial charge in [-0.2, -0.15) is 8.42 Å². The minimum atomic E-state index is -5.18. The van der Waals surface area contributed by atoms with E-state index in [9.17, 15) is 38.4 Å². The highest BCUT2D eigenvalue weighted by Crippen LogP contribution is 2.30. The highest BCUT2D eigenvalue weighted by Gasteiger charge is 2.51. The molecule has 0 spiro atoms. The fourth-order valence-corrected chi connectivity index (χ4v) is 3.42. The van der Waals surface area contributed by atoms with Gasteiger partial charge in [-0.15, -0.1) is 0 Å². The van der Waals surface area contributed by atoms with Gasteiger partial charge in [0.15, 0.2) is 6.29 Å². The van der Waals surface area contributed by atoms with Crippen molar-refractivity contribution in [1.29, 1.82) is 0 Å². The molecule has 2 aliphatic heterocycles. The molecule has 0 aromatic carbocycles. The summed E-state index contributed by atoms with van der Waals surface area (Å²) in [6.45, 7) is 0.0857. The third-order valence-corrected chi connectivity index (χ3v) is 4.61. The molecule has 0 saturated carbocycles. The van der Waals surface area contributed by atoms with Crippen molar-refractivity contribution in [2.45, 2.75) is 56.1 Å². The lowest BCUT2D eigenvalue weighted by atomic mass is 9.96. The number of rotatable bonds is 7. The van der Waals surface area contributed by atoms with Crippen LogP contribution in [0.25, 0.3) is 0 Å². The minimum Gasteiger partial charge on any atom is -0.475 e. The molecule has 7 N–H and O–H groups in total. The van der Waals surface area contributed by atoms with Crippen LogP contribution in [0.1, 0.15) is 6.92 Å². The van der Waals surface area contributed by atoms with E-state index in [1.165, 1.54) is 0 Å². The fraction of sp³-hybridized carbons (Fsp3) is 0.714. The lowest BCUT2D eigenvalue weighted by molar-refractivity contribution is -0.298. The second-order valence-electron chi connectivity index (χ2n) is 6.37. The maximum Gasteiger partial charge on any atom is 0.397 e. The second kappa shape index (κ2) is 9.50. The summed E-state index contributed by atoms with van der Waals surface area (Å²) < 4.78 is 51.3. The minimum absolute atomic E-state index is 0.680. The number of carbonyl (C=O) groups is 2. The number of carboxylic acids is 1. The monoisotopic (exact) mass is 459 g/mol. The Balaban J connectivity index is 2.41. The summed E-state index contributed by atoms with van der Waals surface area (Å²) in [6.07, 6.45) is -12.1. The highest BCUT2D eigenvalue weighted by molar-refractivity contribution is 7.80. The SMILES string of the molecule is CC(=O)N[C@@H]1[C@@H](O[C@@H]2OC(C(=O)O)=C[C@H](O)[C@H]2O)[C@@H](OS(=O)(=O)O)[C@@H](CO)O[C@H]1O. The molecular formula is C14H21NO14S. The average Bonchev–Trinajstić information content (AvgIpc) is 2.61. The summed E-state index contributed by atoms with van der Waals surface area (Å²) in [5.41, 5.74) is 0. The molecule has 2 aliphatic rings. The molecule has 0 bridgehead atoms. The molecule has 0 aliphatic carbocycles. The van der Waals surface area contributed by atoms with Crippen molar-refractivity contribution in [1.82, 2.24) is 5.32 Å². The van der Waals surface area contributed by atoms with E-state index in [-0.39, 0.29) is 0 Å². The number of nitrogens with one attached hydrogen (secondary N) is 1. The number of aliphatic hydroxyl groups is 4. The van der Waals surface area contributed by atoms with E-state index in [1.54, 1.807) is 0 Å². The van der Waals surface area contributed by atoms with E-state index >= 15 is 0 Å². The van der Waals surface area contributed by atoms with Gasteiger partial charge >= 0.3 is 16.4 Å². The van der Waals surface area contributed by atoms with Gasteiger partial charge in [0.1, 0.15) is 36.6 Å². The molecule has 2 heterocycles. The quantitative estimate of drug-likeness (QED) is 0.179. The molecule has 15 nitrogen and oxygen atoms in total. The van der Waals surface area contributed by atoms with Gasteiger partial charge in [-0.3, -0.25) is 9.35 Å². The van der Waals surface area contributed by atoms with Crippen molar-refractivity contribution in [2.24, 2.45) is 0 Å². The fourth-order valence-electron chi connectivity index (χ4n) is 2.91. The van der Waals surface area contributed by atoms with Crippen molar-refractivity contribution in [3.05, 3.63) is 11.8 Å². The van der Waals surface area contributed by atoms with Crippen LogP contribution in [0.4, 0.5) is 0 Å². The van der Waals surface area contributed by atoms with E-state index in [0.29, 0.717) is 6.08 Å². The van der Waals surface area contributed by atoms with Gasteiger partial charge < -0.3 is 45.1 Å². The lowest BCUT2D eigenvalue weighted by Gasteiger charge is -2.45. The van der Waals surface area contributed by atoms with Gasteiger partial charge in [0, 0.05) is 6.92 Å². The maximum absolute atomic E-state index is 11.5. The summed E-state index contributed by atoms with van der Waals surface area (Å²) in [5, 5.41) is 50.7. The second-order valence-corrected chi connectivity index (χ2v) is 7.41. The summed E-state index contributed by atoms with van der Waals surface area (Å²) in [4.78, 5) is 22.6. The number of hydrogen-bond donors (Lipinski definition) is 7. The Hall–Kier alpha value is -1.89. The van der Waals surface area contributed by atoms with Crippen molar-refractivity contribution >= 4 is 22.3 Å². The molecule has 0 aromatic heterocycles. The van der Waals surface area contributed by atoms with E-state index in [2.05, 4.69) is 9.50 Å². The van der Waals surface area contributed by atoms with Crippen molar-refractivity contribution in [3.8, 4) is 0 Å². The van der Waals surface area contributed by atoms with Crippen LogP contribution >= 0.6 is 0 Å². The Bertz CT molecular complexity index is 784. The first kappa shape index (κ1) is 24.4. The van der Waals surface area contributed by atoms with Crippen molar-refractivity contribution < 1.29 is 66.5 Å². The first-order valence-electron chi connectivity index (χ1n) is 8.34. The third-order valence-electron chi connectivity index (χ3n) is 4.14. The number of carbonyl (C=O) groups excluding carboxylic acids is 1. The zero-order valence-corrected chi connectivity index (χ0v) is 16.1. The zero-order valence-electron chi connectivity index (χ0n) is 15.3. The summed E-state index contributed by atoms with van der Waals surface area (Å²) in [6, 6.07) is -1.59. The number of aliphatic hydroxyl groups excluding tert-OH is 4. The Morgan fingerprint density at radius 3 is 2.37 bits per heavy atom. The molecule has 172 valence electrons. The van der Waals surface area contributed by atoms with Gasteiger partial charge in [0.25, 0.3) is 0 Å². The summed E-state index contributed by atoms with van der Waals surface area (Å²) in [7, 11) is -5.18. The van der Waals surface area contributed by atoms with Crippen LogP contribution in [0, 0.1) is 0 Å². The molecule has 8 atom stereocenters. The van der Waals surface area contributed by atoms with Gasteiger partial charge in [-0.1, -0.05) is 0 Å². The van der Waals surface area contributed by atoms with E-state index in [1.807, 2.05) is 0 Å². The van der Waals surface area contributed by atoms with Gasteiger partial charge in [-0.25, -0.2) is 8.98 Å². The van der Waals surface area contributed by atoms with E-state index < -0.39 is 83.8 Å². The maximum atomic E-state index is 11.5. The number of carboxylic acid groups (broad SMARTS) is 1. The lowest BCUT2D eigenvalue weighted by Crippen LogP contribution is -2.67. The molecule has 0 unspecified atom stereocenters. The van der Waals surface area contributed by atoms with E-state index in [0.717, 1.165) is 6.92 Å². The number of hydrogen-bond acceptors (Lipinski definition) is 12. The van der Waals surface area contributed by atoms with Crippen LogP contribution in [0.3, 0.4) is 0 Å². The van der Waals surface area contributed by atoms with Crippen LogP contribution in [-0.4, -0.2) is 106 Å². The molecule has 0 aromatic rings. The molecule has 1 amide bonds. The van der Waals surface area contributed by atoms with Crippen LogP contribution in [-0.2, 0) is 38.4 Å². The normalized spacial score (nSPS) is 37.1. The van der Waals surface area contributed by atoms with Crippen molar-refractivity contribution in [3.63, 3.8) is 0 Å².